The Labute approximate surface area is 88.4 Å². The smallest absolute Gasteiger partial charge is 0.221 e. The van der Waals surface area contributed by atoms with E-state index in [0.717, 1.165) is 5.69 Å². The Morgan fingerprint density at radius 1 is 1.33 bits per heavy atom. The van der Waals surface area contributed by atoms with E-state index in [1.165, 1.54) is 6.92 Å². The van der Waals surface area contributed by atoms with Crippen LogP contribution < -0.4 is 5.32 Å². The molecule has 15 heavy (non-hydrogen) atoms. The number of hydrogen-bond acceptors (Lipinski definition) is 2. The van der Waals surface area contributed by atoms with E-state index in [1.54, 1.807) is 18.7 Å². The maximum absolute atomic E-state index is 10.5. The average Bonchev–Trinajstić information content (AvgIpc) is 2.76. The molecule has 1 aromatic heterocycles. The van der Waals surface area contributed by atoms with E-state index in [0.29, 0.717) is 0 Å². The Morgan fingerprint density at radius 2 is 2.07 bits per heavy atom. The van der Waals surface area contributed by atoms with Crippen LogP contribution in [0.3, 0.4) is 0 Å². The molecule has 1 aromatic carbocycles. The molecule has 0 fully saturated rings. The van der Waals surface area contributed by atoms with Gasteiger partial charge in [0.1, 0.15) is 0 Å². The first kappa shape index (κ1) is 11.0. The van der Waals surface area contributed by atoms with Gasteiger partial charge in [-0.2, -0.15) is 0 Å². The number of rotatable bonds is 1. The van der Waals surface area contributed by atoms with Crippen molar-refractivity contribution in [3.63, 3.8) is 0 Å². The van der Waals surface area contributed by atoms with Gasteiger partial charge in [-0.15, -0.1) is 0 Å². The zero-order valence-corrected chi connectivity index (χ0v) is 8.47. The van der Waals surface area contributed by atoms with Gasteiger partial charge in [-0.3, -0.25) is 4.79 Å². The number of nitrogens with zero attached hydrogens (tertiary/aromatic N) is 1. The van der Waals surface area contributed by atoms with Crippen LogP contribution in [0, 0.1) is 0 Å². The predicted molar refractivity (Wildman–Crippen MR) is 59.3 cm³/mol. The van der Waals surface area contributed by atoms with E-state index in [4.69, 9.17) is 0 Å². The summed E-state index contributed by atoms with van der Waals surface area (Å²) in [7, 11) is 0. The third-order valence-corrected chi connectivity index (χ3v) is 1.50. The van der Waals surface area contributed by atoms with Crippen LogP contribution >= 0.6 is 0 Å². The molecule has 0 aliphatic carbocycles. The Kier molecular flexibility index (Phi) is 4.66. The molecule has 0 aliphatic rings. The highest BCUT2D eigenvalue weighted by Crippen LogP contribution is 2.03. The highest BCUT2D eigenvalue weighted by Gasteiger charge is 1.90. The van der Waals surface area contributed by atoms with Gasteiger partial charge in [0, 0.05) is 25.0 Å². The molecular weight excluding hydrogens is 190 g/mol. The number of carbonyl (C=O) groups excluding carboxylic acids is 1. The average molecular weight is 203 g/mol. The summed E-state index contributed by atoms with van der Waals surface area (Å²) in [5.41, 5.74) is 0.843. The summed E-state index contributed by atoms with van der Waals surface area (Å²) in [6, 6.07) is 9.37. The fourth-order valence-corrected chi connectivity index (χ4v) is 0.940. The zero-order valence-electron chi connectivity index (χ0n) is 8.47. The van der Waals surface area contributed by atoms with Gasteiger partial charge in [0.25, 0.3) is 0 Å². The second-order valence-corrected chi connectivity index (χ2v) is 2.81. The minimum absolute atomic E-state index is 0.0359. The number of para-hydroxylation sites is 1. The van der Waals surface area contributed by atoms with Gasteiger partial charge >= 0.3 is 0 Å². The molecule has 78 valence electrons. The number of aromatic nitrogens is 2. The lowest BCUT2D eigenvalue weighted by Gasteiger charge is -1.98. The second-order valence-electron chi connectivity index (χ2n) is 2.81. The standard InChI is InChI=1S/C8H9NO.C3H4N2/c1-7(10)9-8-5-3-2-4-6-8;1-2-5-3-4-1/h2-6H,1H3,(H,9,10);1-3H,(H,4,5). The zero-order chi connectivity index (χ0) is 10.9. The molecule has 0 saturated carbocycles. The number of aromatic amines is 1. The number of carbonyl (C=O) groups is 1. The monoisotopic (exact) mass is 203 g/mol. The molecule has 2 N–H and O–H groups in total. The Bertz CT molecular complexity index is 353. The molecule has 0 radical (unpaired) electrons. The number of H-pyrrole nitrogens is 1. The van der Waals surface area contributed by atoms with Gasteiger partial charge in [0.2, 0.25) is 5.91 Å². The Balaban J connectivity index is 0.000000187. The summed E-state index contributed by atoms with van der Waals surface area (Å²) in [4.78, 5) is 16.9. The summed E-state index contributed by atoms with van der Waals surface area (Å²) in [5, 5.41) is 2.67. The number of benzene rings is 1. The molecule has 0 unspecified atom stereocenters. The molecule has 0 bridgehead atoms. The topological polar surface area (TPSA) is 57.8 Å². The quantitative estimate of drug-likeness (QED) is 0.745. The molecule has 0 atom stereocenters. The Morgan fingerprint density at radius 3 is 2.47 bits per heavy atom. The first-order valence-corrected chi connectivity index (χ1v) is 4.54. The molecular formula is C11H13N3O. The van der Waals surface area contributed by atoms with E-state index in [9.17, 15) is 4.79 Å². The van der Waals surface area contributed by atoms with Crippen LogP contribution in [0.15, 0.2) is 49.1 Å². The van der Waals surface area contributed by atoms with Gasteiger partial charge in [-0.05, 0) is 12.1 Å². The molecule has 0 aliphatic heterocycles. The van der Waals surface area contributed by atoms with Crippen molar-refractivity contribution in [2.24, 2.45) is 0 Å². The molecule has 4 heteroatoms. The van der Waals surface area contributed by atoms with Crippen molar-refractivity contribution < 1.29 is 4.79 Å². The second kappa shape index (κ2) is 6.37. The highest BCUT2D eigenvalue weighted by molar-refractivity contribution is 5.88. The molecule has 0 spiro atoms. The Hall–Kier alpha value is -2.10. The first-order chi connectivity index (χ1) is 7.29. The predicted octanol–water partition coefficient (Wildman–Crippen LogP) is 2.05. The van der Waals surface area contributed by atoms with Crippen molar-refractivity contribution >= 4 is 11.6 Å². The summed E-state index contributed by atoms with van der Waals surface area (Å²) in [6.45, 7) is 1.49. The van der Waals surface area contributed by atoms with E-state index in [2.05, 4.69) is 15.3 Å². The lowest BCUT2D eigenvalue weighted by molar-refractivity contribution is -0.114. The third kappa shape index (κ3) is 5.25. The minimum atomic E-state index is -0.0359. The van der Waals surface area contributed by atoms with Crippen molar-refractivity contribution in [1.29, 1.82) is 0 Å². The number of hydrogen-bond donors (Lipinski definition) is 2. The molecule has 2 rings (SSSR count). The van der Waals surface area contributed by atoms with Crippen molar-refractivity contribution in [1.82, 2.24) is 9.97 Å². The lowest BCUT2D eigenvalue weighted by Crippen LogP contribution is -2.04. The largest absolute Gasteiger partial charge is 0.351 e. The van der Waals surface area contributed by atoms with E-state index in [1.807, 2.05) is 30.3 Å². The van der Waals surface area contributed by atoms with Crippen LogP contribution in [-0.4, -0.2) is 15.9 Å². The van der Waals surface area contributed by atoms with Crippen molar-refractivity contribution in [2.75, 3.05) is 5.32 Å². The molecule has 1 heterocycles. The van der Waals surface area contributed by atoms with Crippen molar-refractivity contribution in [2.45, 2.75) is 6.92 Å². The van der Waals surface area contributed by atoms with Crippen LogP contribution in [0.5, 0.6) is 0 Å². The number of amides is 1. The van der Waals surface area contributed by atoms with Crippen LogP contribution in [-0.2, 0) is 4.79 Å². The minimum Gasteiger partial charge on any atom is -0.351 e. The maximum atomic E-state index is 10.5. The summed E-state index contributed by atoms with van der Waals surface area (Å²) >= 11 is 0. The fourth-order valence-electron chi connectivity index (χ4n) is 0.940. The normalized spacial score (nSPS) is 8.60. The van der Waals surface area contributed by atoms with Gasteiger partial charge < -0.3 is 10.3 Å². The van der Waals surface area contributed by atoms with Crippen LogP contribution in [0.4, 0.5) is 5.69 Å². The fraction of sp³-hybridized carbons (Fsp3) is 0.0909. The van der Waals surface area contributed by atoms with Crippen LogP contribution in [0.1, 0.15) is 6.92 Å². The lowest BCUT2D eigenvalue weighted by atomic mass is 10.3. The van der Waals surface area contributed by atoms with E-state index >= 15 is 0 Å². The SMILES string of the molecule is CC(=O)Nc1ccccc1.c1c[nH]cn1. The number of nitrogens with one attached hydrogen (secondary N) is 2. The van der Waals surface area contributed by atoms with Crippen molar-refractivity contribution in [3.05, 3.63) is 49.1 Å². The molecule has 0 saturated heterocycles. The number of imidazole rings is 1. The highest BCUT2D eigenvalue weighted by atomic mass is 16.1. The van der Waals surface area contributed by atoms with E-state index in [-0.39, 0.29) is 5.91 Å². The van der Waals surface area contributed by atoms with Gasteiger partial charge in [-0.25, -0.2) is 4.98 Å². The molecule has 2 aromatic rings. The van der Waals surface area contributed by atoms with Gasteiger partial charge in [0.05, 0.1) is 6.33 Å². The number of anilines is 1. The summed E-state index contributed by atoms with van der Waals surface area (Å²) in [5.74, 6) is -0.0359. The van der Waals surface area contributed by atoms with E-state index < -0.39 is 0 Å². The van der Waals surface area contributed by atoms with Crippen molar-refractivity contribution in [3.8, 4) is 0 Å². The van der Waals surface area contributed by atoms with Gasteiger partial charge in [0.15, 0.2) is 0 Å². The van der Waals surface area contributed by atoms with Crippen LogP contribution in [0.25, 0.3) is 0 Å². The van der Waals surface area contributed by atoms with Crippen LogP contribution in [0.2, 0.25) is 0 Å². The maximum Gasteiger partial charge on any atom is 0.221 e. The molecule has 4 nitrogen and oxygen atoms in total. The summed E-state index contributed by atoms with van der Waals surface area (Å²) in [6.07, 6.45) is 5.08. The third-order valence-electron chi connectivity index (χ3n) is 1.50. The van der Waals surface area contributed by atoms with Gasteiger partial charge in [-0.1, -0.05) is 18.2 Å². The first-order valence-electron chi connectivity index (χ1n) is 4.54. The molecule has 1 amide bonds. The summed E-state index contributed by atoms with van der Waals surface area (Å²) < 4.78 is 0.